The van der Waals surface area contributed by atoms with Crippen molar-refractivity contribution >= 4 is 29.0 Å². The minimum atomic E-state index is 0.356. The predicted molar refractivity (Wildman–Crippen MR) is 66.3 cm³/mol. The van der Waals surface area contributed by atoms with Crippen LogP contribution in [0.25, 0.3) is 0 Å². The third-order valence-corrected chi connectivity index (χ3v) is 2.23. The average molecular weight is 257 g/mol. The van der Waals surface area contributed by atoms with Crippen LogP contribution in [0.15, 0.2) is 42.7 Å². The van der Waals surface area contributed by atoms with Gasteiger partial charge < -0.3 is 5.43 Å². The molecule has 0 saturated heterocycles. The van der Waals surface area contributed by atoms with E-state index < -0.39 is 0 Å². The lowest BCUT2D eigenvalue weighted by Gasteiger charge is -1.92. The van der Waals surface area contributed by atoms with E-state index >= 15 is 0 Å². The molecule has 16 heavy (non-hydrogen) atoms. The number of hydrogen-bond donors (Lipinski definition) is 2. The van der Waals surface area contributed by atoms with Gasteiger partial charge in [0.1, 0.15) is 11.0 Å². The highest BCUT2D eigenvalue weighted by atomic mass is 35.5. The first-order valence-electron chi connectivity index (χ1n) is 4.37. The summed E-state index contributed by atoms with van der Waals surface area (Å²) in [5.74, 6) is 5.72. The van der Waals surface area contributed by atoms with Gasteiger partial charge in [-0.2, -0.15) is 0 Å². The molecule has 0 aliphatic heterocycles. The Hall–Kier alpha value is -1.36. The van der Waals surface area contributed by atoms with E-state index in [1.807, 2.05) is 12.1 Å². The fraction of sp³-hybridized carbons (Fsp3) is 0. The number of hydrazine groups is 1. The van der Waals surface area contributed by atoms with Gasteiger partial charge in [0.15, 0.2) is 0 Å². The number of hydrogen-bond acceptors (Lipinski definition) is 4. The summed E-state index contributed by atoms with van der Waals surface area (Å²) >= 11 is 11.0. The Bertz CT molecular complexity index is 401. The van der Waals surface area contributed by atoms with Crippen LogP contribution in [0.4, 0.5) is 5.82 Å². The Morgan fingerprint density at radius 2 is 1.75 bits per heavy atom. The fourth-order valence-electron chi connectivity index (χ4n) is 0.815. The van der Waals surface area contributed by atoms with Crippen LogP contribution in [-0.2, 0) is 0 Å². The van der Waals surface area contributed by atoms with Crippen LogP contribution in [0, 0.1) is 0 Å². The first-order valence-corrected chi connectivity index (χ1v) is 5.13. The fourth-order valence-corrected chi connectivity index (χ4v) is 1.06. The van der Waals surface area contributed by atoms with Gasteiger partial charge in [-0.05, 0) is 24.3 Å². The first kappa shape index (κ1) is 12.7. The van der Waals surface area contributed by atoms with Crippen molar-refractivity contribution in [3.05, 3.63) is 52.9 Å². The van der Waals surface area contributed by atoms with Crippen molar-refractivity contribution in [1.82, 2.24) is 9.97 Å². The van der Waals surface area contributed by atoms with Gasteiger partial charge in [0.25, 0.3) is 0 Å². The largest absolute Gasteiger partial charge is 0.308 e. The summed E-state index contributed by atoms with van der Waals surface area (Å²) < 4.78 is 0. The number of anilines is 1. The molecule has 0 amide bonds. The maximum atomic E-state index is 5.51. The van der Waals surface area contributed by atoms with Gasteiger partial charge in [0, 0.05) is 12.4 Å². The number of nitrogens with one attached hydrogen (secondary N) is 1. The average Bonchev–Trinajstić information content (AvgIpc) is 2.35. The van der Waals surface area contributed by atoms with E-state index in [0.717, 1.165) is 0 Å². The number of nitrogens with zero attached hydrogens (tertiary/aromatic N) is 2. The van der Waals surface area contributed by atoms with E-state index in [-0.39, 0.29) is 0 Å². The van der Waals surface area contributed by atoms with E-state index in [1.54, 1.807) is 30.6 Å². The van der Waals surface area contributed by atoms with Crippen LogP contribution in [0.5, 0.6) is 0 Å². The van der Waals surface area contributed by atoms with Crippen LogP contribution in [-0.4, -0.2) is 9.97 Å². The van der Waals surface area contributed by atoms with Crippen molar-refractivity contribution in [2.24, 2.45) is 5.84 Å². The SMILES string of the molecule is Clc1cccnc1Cl.NNc1ccccn1. The molecule has 0 aliphatic rings. The molecule has 0 unspecified atom stereocenters. The number of nitrogen functional groups attached to an aromatic ring is 1. The highest BCUT2D eigenvalue weighted by Crippen LogP contribution is 2.16. The molecular formula is C10H10Cl2N4. The second kappa shape index (κ2) is 7.00. The van der Waals surface area contributed by atoms with Gasteiger partial charge in [-0.15, -0.1) is 0 Å². The molecule has 0 aromatic carbocycles. The summed E-state index contributed by atoms with van der Waals surface area (Å²) in [5, 5.41) is 0.850. The van der Waals surface area contributed by atoms with Crippen molar-refractivity contribution in [3.63, 3.8) is 0 Å². The zero-order chi connectivity index (χ0) is 11.8. The Labute approximate surface area is 103 Å². The molecule has 0 bridgehead atoms. The third kappa shape index (κ3) is 4.44. The predicted octanol–water partition coefficient (Wildman–Crippen LogP) is 2.76. The quantitative estimate of drug-likeness (QED) is 0.468. The Morgan fingerprint density at radius 1 is 1.00 bits per heavy atom. The van der Waals surface area contributed by atoms with Crippen LogP contribution in [0.2, 0.25) is 10.2 Å². The van der Waals surface area contributed by atoms with Gasteiger partial charge in [-0.1, -0.05) is 29.3 Å². The monoisotopic (exact) mass is 256 g/mol. The molecule has 3 N–H and O–H groups in total. The maximum Gasteiger partial charge on any atom is 0.147 e. The second-order valence-electron chi connectivity index (χ2n) is 2.64. The number of pyridine rings is 2. The molecule has 0 aliphatic carbocycles. The van der Waals surface area contributed by atoms with E-state index in [1.165, 1.54) is 0 Å². The van der Waals surface area contributed by atoms with Crippen molar-refractivity contribution in [1.29, 1.82) is 0 Å². The molecule has 6 heteroatoms. The lowest BCUT2D eigenvalue weighted by molar-refractivity contribution is 1.23. The summed E-state index contributed by atoms with van der Waals surface area (Å²) in [6.07, 6.45) is 3.27. The maximum absolute atomic E-state index is 5.51. The highest BCUT2D eigenvalue weighted by Gasteiger charge is 1.91. The standard InChI is InChI=1S/C5H3Cl2N.C5H7N3/c6-4-2-1-3-8-5(4)7;6-8-5-3-1-2-4-7-5/h1-3H;1-4H,6H2,(H,7,8). The smallest absolute Gasteiger partial charge is 0.147 e. The minimum absolute atomic E-state index is 0.356. The van der Waals surface area contributed by atoms with Crippen molar-refractivity contribution < 1.29 is 0 Å². The number of nitrogens with two attached hydrogens (primary N) is 1. The zero-order valence-electron chi connectivity index (χ0n) is 8.27. The molecule has 4 nitrogen and oxygen atoms in total. The Kier molecular flexibility index (Phi) is 5.56. The number of rotatable bonds is 1. The summed E-state index contributed by atoms with van der Waals surface area (Å²) in [6, 6.07) is 8.91. The van der Waals surface area contributed by atoms with Crippen LogP contribution >= 0.6 is 23.2 Å². The van der Waals surface area contributed by atoms with Gasteiger partial charge >= 0.3 is 0 Å². The van der Waals surface area contributed by atoms with Gasteiger partial charge in [-0.25, -0.2) is 15.8 Å². The van der Waals surface area contributed by atoms with E-state index in [0.29, 0.717) is 16.0 Å². The second-order valence-corrected chi connectivity index (χ2v) is 3.40. The van der Waals surface area contributed by atoms with Crippen LogP contribution < -0.4 is 11.3 Å². The summed E-state index contributed by atoms with van der Waals surface area (Å²) in [7, 11) is 0. The van der Waals surface area contributed by atoms with Gasteiger partial charge in [0.05, 0.1) is 5.02 Å². The van der Waals surface area contributed by atoms with E-state index in [2.05, 4.69) is 15.4 Å². The molecule has 0 saturated carbocycles. The van der Waals surface area contributed by atoms with Crippen LogP contribution in [0.1, 0.15) is 0 Å². The number of halogens is 2. The molecule has 2 aromatic rings. The third-order valence-electron chi connectivity index (χ3n) is 1.53. The summed E-state index contributed by atoms with van der Waals surface area (Å²) in [5.41, 5.74) is 2.42. The first-order chi connectivity index (χ1) is 7.74. The molecular weight excluding hydrogens is 247 g/mol. The van der Waals surface area contributed by atoms with Gasteiger partial charge in [-0.3, -0.25) is 0 Å². The van der Waals surface area contributed by atoms with Crippen LogP contribution in [0.3, 0.4) is 0 Å². The molecule has 0 fully saturated rings. The summed E-state index contributed by atoms with van der Waals surface area (Å²) in [4.78, 5) is 7.57. The minimum Gasteiger partial charge on any atom is -0.308 e. The lowest BCUT2D eigenvalue weighted by Crippen LogP contribution is -2.07. The van der Waals surface area contributed by atoms with Crippen molar-refractivity contribution in [2.45, 2.75) is 0 Å². The highest BCUT2D eigenvalue weighted by molar-refractivity contribution is 6.41. The van der Waals surface area contributed by atoms with Gasteiger partial charge in [0.2, 0.25) is 0 Å². The Morgan fingerprint density at radius 3 is 2.12 bits per heavy atom. The molecule has 0 radical (unpaired) electrons. The van der Waals surface area contributed by atoms with Crippen molar-refractivity contribution in [3.8, 4) is 0 Å². The van der Waals surface area contributed by atoms with E-state index in [4.69, 9.17) is 29.0 Å². The van der Waals surface area contributed by atoms with Crippen molar-refractivity contribution in [2.75, 3.05) is 5.43 Å². The molecule has 2 rings (SSSR count). The molecule has 2 aromatic heterocycles. The number of aromatic nitrogens is 2. The molecule has 0 atom stereocenters. The molecule has 0 spiro atoms. The normalized spacial score (nSPS) is 8.94. The lowest BCUT2D eigenvalue weighted by atomic mass is 10.5. The van der Waals surface area contributed by atoms with E-state index in [9.17, 15) is 0 Å². The summed E-state index contributed by atoms with van der Waals surface area (Å²) in [6.45, 7) is 0. The molecule has 2 heterocycles. The Balaban J connectivity index is 0.000000160. The zero-order valence-corrected chi connectivity index (χ0v) is 9.78. The topological polar surface area (TPSA) is 63.8 Å². The molecule has 84 valence electrons.